The lowest BCUT2D eigenvalue weighted by Gasteiger charge is -2.06. The van der Waals surface area contributed by atoms with Crippen LogP contribution in [-0.4, -0.2) is 8.94 Å². The van der Waals surface area contributed by atoms with Gasteiger partial charge in [0.2, 0.25) is 4.80 Å². The molecule has 0 saturated carbocycles. The van der Waals surface area contributed by atoms with Crippen LogP contribution in [-0.2, 0) is 6.54 Å². The van der Waals surface area contributed by atoms with Gasteiger partial charge in [-0.15, -0.1) is 0 Å². The second-order valence-electron chi connectivity index (χ2n) is 5.64. The lowest BCUT2D eigenvalue weighted by Crippen LogP contribution is -1.99. The van der Waals surface area contributed by atoms with Crippen LogP contribution in [0.1, 0.15) is 5.56 Å². The molecule has 25 heavy (non-hydrogen) atoms. The third kappa shape index (κ3) is 3.75. The minimum atomic E-state index is 0.765. The van der Waals surface area contributed by atoms with E-state index < -0.39 is 0 Å². The average Bonchev–Trinajstić information content (AvgIpc) is 3.06. The molecular formula is C21H17N3S. The van der Waals surface area contributed by atoms with Crippen LogP contribution in [0.4, 0.5) is 5.69 Å². The fourth-order valence-electron chi connectivity index (χ4n) is 2.62. The van der Waals surface area contributed by atoms with Gasteiger partial charge in [-0.3, -0.25) is 3.96 Å². The third-order valence-corrected chi connectivity index (χ3v) is 4.68. The Balaban J connectivity index is 1.79. The van der Waals surface area contributed by atoms with Crippen molar-refractivity contribution in [3.63, 3.8) is 0 Å². The number of aromatic nitrogens is 2. The molecule has 0 unspecified atom stereocenters. The molecule has 3 aromatic carbocycles. The summed E-state index contributed by atoms with van der Waals surface area (Å²) < 4.78 is 2.20. The molecule has 1 aromatic heterocycles. The molecule has 0 spiro atoms. The average molecular weight is 343 g/mol. The number of hydrogen-bond acceptors (Lipinski definition) is 3. The lowest BCUT2D eigenvalue weighted by molar-refractivity contribution is 0.873. The molecule has 4 aromatic rings. The molecule has 1 heterocycles. The smallest absolute Gasteiger partial charge is 0.227 e. The quantitative estimate of drug-likeness (QED) is 0.519. The first-order valence-electron chi connectivity index (χ1n) is 8.16. The highest BCUT2D eigenvalue weighted by atomic mass is 32.1. The van der Waals surface area contributed by atoms with Crippen molar-refractivity contribution in [2.75, 3.05) is 0 Å². The summed E-state index contributed by atoms with van der Waals surface area (Å²) in [5.41, 5.74) is 3.27. The van der Waals surface area contributed by atoms with Crippen molar-refractivity contribution in [3.05, 3.63) is 101 Å². The van der Waals surface area contributed by atoms with Crippen LogP contribution < -0.4 is 4.80 Å². The highest BCUT2D eigenvalue weighted by Gasteiger charge is 2.09. The van der Waals surface area contributed by atoms with Gasteiger partial charge in [0.05, 0.1) is 12.2 Å². The van der Waals surface area contributed by atoms with E-state index in [1.54, 1.807) is 11.5 Å². The Kier molecular flexibility index (Phi) is 4.53. The standard InChI is InChI=1S/C21H17N3S/c1-4-10-17(11-5-1)16-24-20(18-12-6-2-7-13-18)23-21(25-24)22-19-14-8-3-9-15-19/h1-15H,16H2. The van der Waals surface area contributed by atoms with Crippen LogP contribution in [0, 0.1) is 0 Å². The van der Waals surface area contributed by atoms with Gasteiger partial charge >= 0.3 is 0 Å². The molecule has 0 atom stereocenters. The third-order valence-electron chi connectivity index (χ3n) is 3.81. The Morgan fingerprint density at radius 2 is 1.36 bits per heavy atom. The predicted molar refractivity (Wildman–Crippen MR) is 103 cm³/mol. The van der Waals surface area contributed by atoms with Gasteiger partial charge in [0.25, 0.3) is 0 Å². The largest absolute Gasteiger partial charge is 0.274 e. The summed E-state index contributed by atoms with van der Waals surface area (Å²) in [6.07, 6.45) is 0. The first-order valence-corrected chi connectivity index (χ1v) is 8.93. The summed E-state index contributed by atoms with van der Waals surface area (Å²) in [4.78, 5) is 10.2. The van der Waals surface area contributed by atoms with Crippen molar-refractivity contribution in [3.8, 4) is 11.4 Å². The monoisotopic (exact) mass is 343 g/mol. The van der Waals surface area contributed by atoms with Gasteiger partial charge in [0.15, 0.2) is 5.82 Å². The van der Waals surface area contributed by atoms with Crippen molar-refractivity contribution < 1.29 is 0 Å². The van der Waals surface area contributed by atoms with E-state index in [4.69, 9.17) is 4.98 Å². The van der Waals surface area contributed by atoms with Gasteiger partial charge in [0, 0.05) is 5.56 Å². The molecular weight excluding hydrogens is 326 g/mol. The summed E-state index contributed by atoms with van der Waals surface area (Å²) in [6, 6.07) is 30.7. The van der Waals surface area contributed by atoms with Crippen LogP contribution in [0.2, 0.25) is 0 Å². The van der Waals surface area contributed by atoms with Crippen molar-refractivity contribution in [2.24, 2.45) is 4.99 Å². The molecule has 4 rings (SSSR count). The molecule has 0 amide bonds. The first-order chi connectivity index (χ1) is 12.4. The van der Waals surface area contributed by atoms with Crippen molar-refractivity contribution in [2.45, 2.75) is 6.54 Å². The zero-order chi connectivity index (χ0) is 16.9. The van der Waals surface area contributed by atoms with Gasteiger partial charge in [-0.2, -0.15) is 4.98 Å². The maximum Gasteiger partial charge on any atom is 0.227 e. The van der Waals surface area contributed by atoms with Crippen LogP contribution in [0.3, 0.4) is 0 Å². The van der Waals surface area contributed by atoms with Gasteiger partial charge in [-0.1, -0.05) is 78.9 Å². The number of benzene rings is 3. The van der Waals surface area contributed by atoms with E-state index in [0.29, 0.717) is 0 Å². The predicted octanol–water partition coefficient (Wildman–Crippen LogP) is 4.89. The number of para-hydroxylation sites is 1. The Morgan fingerprint density at radius 1 is 0.760 bits per heavy atom. The fourth-order valence-corrected chi connectivity index (χ4v) is 3.54. The summed E-state index contributed by atoms with van der Waals surface area (Å²) in [6.45, 7) is 0.785. The molecule has 0 N–H and O–H groups in total. The number of hydrogen-bond donors (Lipinski definition) is 0. The Hall–Kier alpha value is -2.98. The fraction of sp³-hybridized carbons (Fsp3) is 0.0476. The molecule has 0 aliphatic rings. The maximum atomic E-state index is 4.79. The summed E-state index contributed by atoms with van der Waals surface area (Å²) >= 11 is 1.58. The van der Waals surface area contributed by atoms with Crippen LogP contribution in [0.15, 0.2) is 96.0 Å². The number of nitrogens with zero attached hydrogens (tertiary/aromatic N) is 3. The van der Waals surface area contributed by atoms with E-state index in [1.807, 2.05) is 54.6 Å². The summed E-state index contributed by atoms with van der Waals surface area (Å²) in [5, 5.41) is 0. The Bertz CT molecular complexity index is 1000. The van der Waals surface area contributed by atoms with E-state index in [2.05, 4.69) is 45.3 Å². The van der Waals surface area contributed by atoms with Crippen LogP contribution in [0.5, 0.6) is 0 Å². The molecule has 0 bridgehead atoms. The number of rotatable bonds is 4. The summed E-state index contributed by atoms with van der Waals surface area (Å²) in [7, 11) is 0. The molecule has 0 fully saturated rings. The highest BCUT2D eigenvalue weighted by molar-refractivity contribution is 7.03. The van der Waals surface area contributed by atoms with E-state index in [9.17, 15) is 0 Å². The van der Waals surface area contributed by atoms with Gasteiger partial charge in [-0.25, -0.2) is 4.99 Å². The summed E-state index contributed by atoms with van der Waals surface area (Å²) in [5.74, 6) is 0.948. The normalized spacial score (nSPS) is 11.6. The van der Waals surface area contributed by atoms with Crippen molar-refractivity contribution >= 4 is 17.2 Å². The topological polar surface area (TPSA) is 30.2 Å². The van der Waals surface area contributed by atoms with Crippen LogP contribution >= 0.6 is 11.5 Å². The molecule has 4 heteroatoms. The zero-order valence-corrected chi connectivity index (χ0v) is 14.4. The van der Waals surface area contributed by atoms with Gasteiger partial charge in [0.1, 0.15) is 0 Å². The Morgan fingerprint density at radius 3 is 2.04 bits per heavy atom. The maximum absolute atomic E-state index is 4.79. The molecule has 0 saturated heterocycles. The second-order valence-corrected chi connectivity index (χ2v) is 6.63. The second kappa shape index (κ2) is 7.28. The first kappa shape index (κ1) is 15.5. The SMILES string of the molecule is c1ccc(Cn2sc(=Nc3ccccc3)nc2-c2ccccc2)cc1. The van der Waals surface area contributed by atoms with Crippen LogP contribution in [0.25, 0.3) is 11.4 Å². The zero-order valence-electron chi connectivity index (χ0n) is 13.6. The molecule has 0 radical (unpaired) electrons. The molecule has 122 valence electrons. The van der Waals surface area contributed by atoms with Gasteiger partial charge < -0.3 is 0 Å². The van der Waals surface area contributed by atoms with Crippen molar-refractivity contribution in [1.82, 2.24) is 8.94 Å². The van der Waals surface area contributed by atoms with E-state index >= 15 is 0 Å². The van der Waals surface area contributed by atoms with Crippen molar-refractivity contribution in [1.29, 1.82) is 0 Å². The van der Waals surface area contributed by atoms with E-state index in [1.165, 1.54) is 5.56 Å². The van der Waals surface area contributed by atoms with E-state index in [0.717, 1.165) is 28.4 Å². The van der Waals surface area contributed by atoms with Gasteiger partial charge in [-0.05, 0) is 29.2 Å². The van der Waals surface area contributed by atoms with E-state index in [-0.39, 0.29) is 0 Å². The molecule has 0 aliphatic carbocycles. The minimum absolute atomic E-state index is 0.765. The molecule has 3 nitrogen and oxygen atoms in total. The minimum Gasteiger partial charge on any atom is -0.274 e. The highest BCUT2D eigenvalue weighted by Crippen LogP contribution is 2.19. The Labute approximate surface area is 150 Å². The lowest BCUT2D eigenvalue weighted by atomic mass is 10.2. The molecule has 0 aliphatic heterocycles.